The van der Waals surface area contributed by atoms with Crippen molar-refractivity contribution in [3.63, 3.8) is 0 Å². The minimum absolute atomic E-state index is 0.447. The van der Waals surface area contributed by atoms with Crippen molar-refractivity contribution in [1.82, 2.24) is 0 Å². The van der Waals surface area contributed by atoms with Gasteiger partial charge in [-0.1, -0.05) is 35.0 Å². The standard InChI is InChI=1S/C9H11N3O/c1-7-2-4-8(5-3-7)9(12-10)6-11-13/h2-6,13H,10H2,1H3/b11-6+,12-9-. The molecule has 0 atom stereocenters. The highest BCUT2D eigenvalue weighted by atomic mass is 16.4. The second-order valence-corrected chi connectivity index (χ2v) is 2.62. The van der Waals surface area contributed by atoms with Gasteiger partial charge in [-0.05, 0) is 6.92 Å². The van der Waals surface area contributed by atoms with Crippen LogP contribution in [0.15, 0.2) is 34.5 Å². The molecule has 68 valence electrons. The molecule has 1 aromatic rings. The van der Waals surface area contributed by atoms with Gasteiger partial charge in [0.1, 0.15) is 5.71 Å². The minimum atomic E-state index is 0.447. The number of hydrogen-bond donors (Lipinski definition) is 2. The molecule has 4 nitrogen and oxygen atoms in total. The lowest BCUT2D eigenvalue weighted by molar-refractivity contribution is 0.322. The van der Waals surface area contributed by atoms with Gasteiger partial charge in [0.2, 0.25) is 0 Å². The Hall–Kier alpha value is -1.84. The summed E-state index contributed by atoms with van der Waals surface area (Å²) >= 11 is 0. The van der Waals surface area contributed by atoms with Crippen molar-refractivity contribution in [3.8, 4) is 0 Å². The van der Waals surface area contributed by atoms with E-state index in [2.05, 4.69) is 10.3 Å². The van der Waals surface area contributed by atoms with Gasteiger partial charge in [0, 0.05) is 5.56 Å². The van der Waals surface area contributed by atoms with E-state index in [4.69, 9.17) is 11.0 Å². The molecule has 1 aromatic carbocycles. The topological polar surface area (TPSA) is 71.0 Å². The predicted octanol–water partition coefficient (Wildman–Crippen LogP) is 1.12. The Balaban J connectivity index is 3.00. The van der Waals surface area contributed by atoms with E-state index in [1.807, 2.05) is 31.2 Å². The Morgan fingerprint density at radius 1 is 1.38 bits per heavy atom. The smallest absolute Gasteiger partial charge is 0.111 e. The lowest BCUT2D eigenvalue weighted by Crippen LogP contribution is -2.05. The third-order valence-corrected chi connectivity index (χ3v) is 1.67. The summed E-state index contributed by atoms with van der Waals surface area (Å²) in [6, 6.07) is 7.60. The monoisotopic (exact) mass is 177 g/mol. The molecular weight excluding hydrogens is 166 g/mol. The molecule has 3 N–H and O–H groups in total. The zero-order chi connectivity index (χ0) is 9.68. The van der Waals surface area contributed by atoms with E-state index < -0.39 is 0 Å². The molecule has 0 bridgehead atoms. The molecule has 0 aromatic heterocycles. The molecule has 1 rings (SSSR count). The summed E-state index contributed by atoms with van der Waals surface area (Å²) in [6.07, 6.45) is 1.20. The second-order valence-electron chi connectivity index (χ2n) is 2.62. The molecule has 0 aliphatic rings. The molecule has 0 aliphatic carbocycles. The summed E-state index contributed by atoms with van der Waals surface area (Å²) in [4.78, 5) is 0. The van der Waals surface area contributed by atoms with Gasteiger partial charge in [0.05, 0.1) is 6.21 Å². The van der Waals surface area contributed by atoms with Crippen LogP contribution >= 0.6 is 0 Å². The number of nitrogens with two attached hydrogens (primary N) is 1. The Kier molecular flexibility index (Phi) is 3.03. The number of aryl methyl sites for hydroxylation is 1. The van der Waals surface area contributed by atoms with Gasteiger partial charge in [-0.15, -0.1) is 0 Å². The molecule has 0 spiro atoms. The van der Waals surface area contributed by atoms with Gasteiger partial charge < -0.3 is 11.0 Å². The zero-order valence-electron chi connectivity index (χ0n) is 7.31. The fraction of sp³-hybridized carbons (Fsp3) is 0.111. The molecule has 0 aliphatic heterocycles. The summed E-state index contributed by atoms with van der Waals surface area (Å²) < 4.78 is 0. The van der Waals surface area contributed by atoms with Crippen LogP contribution in [0.4, 0.5) is 0 Å². The van der Waals surface area contributed by atoms with Crippen LogP contribution in [0.3, 0.4) is 0 Å². The van der Waals surface area contributed by atoms with Crippen LogP contribution in [0.5, 0.6) is 0 Å². The molecule has 0 fully saturated rings. The van der Waals surface area contributed by atoms with Crippen LogP contribution in [0.25, 0.3) is 0 Å². The molecule has 0 heterocycles. The third-order valence-electron chi connectivity index (χ3n) is 1.67. The molecule has 4 heteroatoms. The van der Waals surface area contributed by atoms with Crippen molar-refractivity contribution in [2.45, 2.75) is 6.92 Å². The SMILES string of the molecule is Cc1ccc(C(/C=N/O)=N\N)cc1. The van der Waals surface area contributed by atoms with Crippen LogP contribution in [0.1, 0.15) is 11.1 Å². The van der Waals surface area contributed by atoms with E-state index in [1.54, 1.807) is 0 Å². The van der Waals surface area contributed by atoms with E-state index in [-0.39, 0.29) is 0 Å². The van der Waals surface area contributed by atoms with Crippen molar-refractivity contribution >= 4 is 11.9 Å². The number of rotatable bonds is 2. The number of hydrogen-bond acceptors (Lipinski definition) is 4. The van der Waals surface area contributed by atoms with Crippen molar-refractivity contribution in [1.29, 1.82) is 0 Å². The first-order valence-electron chi connectivity index (χ1n) is 3.80. The van der Waals surface area contributed by atoms with Gasteiger partial charge >= 0.3 is 0 Å². The van der Waals surface area contributed by atoms with E-state index in [0.717, 1.165) is 11.1 Å². The molecule has 0 saturated carbocycles. The maximum atomic E-state index is 8.32. The van der Waals surface area contributed by atoms with E-state index in [0.29, 0.717) is 5.71 Å². The Labute approximate surface area is 76.4 Å². The van der Waals surface area contributed by atoms with E-state index in [9.17, 15) is 0 Å². The maximum Gasteiger partial charge on any atom is 0.111 e. The fourth-order valence-electron chi connectivity index (χ4n) is 0.961. The van der Waals surface area contributed by atoms with Gasteiger partial charge in [0.15, 0.2) is 0 Å². The average Bonchev–Trinajstić information content (AvgIpc) is 2.16. The summed E-state index contributed by atoms with van der Waals surface area (Å²) in [5.41, 5.74) is 2.43. The maximum absolute atomic E-state index is 8.32. The Bertz CT molecular complexity index is 327. The minimum Gasteiger partial charge on any atom is -0.411 e. The van der Waals surface area contributed by atoms with Crippen molar-refractivity contribution in [2.75, 3.05) is 0 Å². The summed E-state index contributed by atoms with van der Waals surface area (Å²) in [5.74, 6) is 5.11. The molecule has 0 amide bonds. The molecule has 0 unspecified atom stereocenters. The summed E-state index contributed by atoms with van der Waals surface area (Å²) in [6.45, 7) is 1.99. The van der Waals surface area contributed by atoms with Crippen LogP contribution in [0, 0.1) is 6.92 Å². The highest BCUT2D eigenvalue weighted by Crippen LogP contribution is 2.03. The third kappa shape index (κ3) is 2.30. The Morgan fingerprint density at radius 3 is 2.46 bits per heavy atom. The molecular formula is C9H11N3O. The van der Waals surface area contributed by atoms with Crippen LogP contribution in [-0.4, -0.2) is 17.1 Å². The average molecular weight is 177 g/mol. The van der Waals surface area contributed by atoms with Gasteiger partial charge in [0.25, 0.3) is 0 Å². The first kappa shape index (κ1) is 9.25. The zero-order valence-corrected chi connectivity index (χ0v) is 7.31. The second kappa shape index (κ2) is 4.25. The summed E-state index contributed by atoms with van der Waals surface area (Å²) in [5, 5.41) is 14.7. The highest BCUT2D eigenvalue weighted by molar-refractivity contribution is 6.38. The molecule has 13 heavy (non-hydrogen) atoms. The first-order valence-corrected chi connectivity index (χ1v) is 3.80. The van der Waals surface area contributed by atoms with Crippen molar-refractivity contribution in [2.24, 2.45) is 16.1 Å². The lowest BCUT2D eigenvalue weighted by Gasteiger charge is -1.98. The van der Waals surface area contributed by atoms with Gasteiger partial charge in [-0.3, -0.25) is 0 Å². The van der Waals surface area contributed by atoms with Gasteiger partial charge in [-0.25, -0.2) is 0 Å². The normalized spacial score (nSPS) is 12.2. The van der Waals surface area contributed by atoms with Crippen LogP contribution < -0.4 is 5.84 Å². The lowest BCUT2D eigenvalue weighted by atomic mass is 10.1. The summed E-state index contributed by atoms with van der Waals surface area (Å²) in [7, 11) is 0. The number of hydrazone groups is 1. The molecule has 0 saturated heterocycles. The number of benzene rings is 1. The van der Waals surface area contributed by atoms with Crippen LogP contribution in [-0.2, 0) is 0 Å². The van der Waals surface area contributed by atoms with Gasteiger partial charge in [-0.2, -0.15) is 5.10 Å². The van der Waals surface area contributed by atoms with Crippen molar-refractivity contribution in [3.05, 3.63) is 35.4 Å². The Morgan fingerprint density at radius 2 is 2.00 bits per heavy atom. The van der Waals surface area contributed by atoms with E-state index in [1.165, 1.54) is 6.21 Å². The predicted molar refractivity (Wildman–Crippen MR) is 52.2 cm³/mol. The largest absolute Gasteiger partial charge is 0.411 e. The van der Waals surface area contributed by atoms with Crippen LogP contribution in [0.2, 0.25) is 0 Å². The number of nitrogens with zero attached hydrogens (tertiary/aromatic N) is 2. The van der Waals surface area contributed by atoms with E-state index >= 15 is 0 Å². The quantitative estimate of drug-likeness (QED) is 0.307. The number of oxime groups is 1. The highest BCUT2D eigenvalue weighted by Gasteiger charge is 1.98. The first-order chi connectivity index (χ1) is 6.27. The molecule has 0 radical (unpaired) electrons. The fourth-order valence-corrected chi connectivity index (χ4v) is 0.961. The van der Waals surface area contributed by atoms with Crippen molar-refractivity contribution < 1.29 is 5.21 Å².